The molecule has 0 radical (unpaired) electrons. The van der Waals surface area contributed by atoms with Crippen molar-refractivity contribution in [1.29, 1.82) is 0 Å². The molecule has 0 aliphatic rings. The Bertz CT molecular complexity index is 2140. The van der Waals surface area contributed by atoms with Crippen LogP contribution in [0.2, 0.25) is 0 Å². The predicted octanol–water partition coefficient (Wildman–Crippen LogP) is 5.12. The molecule has 14 nitrogen and oxygen atoms in total. The second kappa shape index (κ2) is 22.2. The highest BCUT2D eigenvalue weighted by Gasteiger charge is 2.13. The molecule has 0 atom stereocenters. The van der Waals surface area contributed by atoms with Crippen molar-refractivity contribution in [2.24, 2.45) is 16.8 Å². The van der Waals surface area contributed by atoms with Gasteiger partial charge in [-0.3, -0.25) is 14.1 Å². The molecular formula is C39H42N8O6S2. The number of hydrazone groups is 1. The number of nitrogens with zero attached hydrogens (tertiary/aromatic N) is 3. The van der Waals surface area contributed by atoms with Crippen molar-refractivity contribution < 1.29 is 27.3 Å². The summed E-state index contributed by atoms with van der Waals surface area (Å²) in [6.07, 6.45) is 6.92. The van der Waals surface area contributed by atoms with Crippen molar-refractivity contribution in [3.8, 4) is 5.75 Å². The maximum absolute atomic E-state index is 12.3. The van der Waals surface area contributed by atoms with Gasteiger partial charge < -0.3 is 26.6 Å². The Balaban J connectivity index is 0.000000477. The number of aromatic nitrogens is 2. The Labute approximate surface area is 324 Å². The highest BCUT2D eigenvalue weighted by Crippen LogP contribution is 2.25. The number of hydrazine groups is 1. The number of nitrogen functional groups attached to an aromatic ring is 1. The fraction of sp³-hybridized carbons (Fsp3) is 0.154. The van der Waals surface area contributed by atoms with Gasteiger partial charge >= 0.3 is 0 Å². The average Bonchev–Trinajstić information content (AvgIpc) is 3.22. The molecule has 0 bridgehead atoms. The largest absolute Gasteiger partial charge is 0.491 e. The summed E-state index contributed by atoms with van der Waals surface area (Å²) in [6, 6.07) is 33.1. The van der Waals surface area contributed by atoms with Gasteiger partial charge in [0.15, 0.2) is 6.29 Å². The lowest BCUT2D eigenvalue weighted by Crippen LogP contribution is -2.29. The van der Waals surface area contributed by atoms with Crippen LogP contribution < -0.4 is 32.5 Å². The molecule has 0 fully saturated rings. The van der Waals surface area contributed by atoms with Gasteiger partial charge in [-0.05, 0) is 66.6 Å². The molecule has 0 unspecified atom stereocenters. The number of carbonyl (C=O) groups excluding carboxylic acids is 2. The number of anilines is 1. The number of hydrogen-bond donors (Lipinski definition) is 6. The summed E-state index contributed by atoms with van der Waals surface area (Å²) in [4.78, 5) is 32.3. The number of thioether (sulfide) groups is 1. The van der Waals surface area contributed by atoms with Gasteiger partial charge in [-0.15, -0.1) is 11.8 Å². The first-order valence-corrected chi connectivity index (χ1v) is 19.4. The third kappa shape index (κ3) is 14.4. The molecule has 1 amide bonds. The zero-order chi connectivity index (χ0) is 39.3. The van der Waals surface area contributed by atoms with Crippen LogP contribution in [0.3, 0.4) is 0 Å². The molecule has 5 rings (SSSR count). The van der Waals surface area contributed by atoms with Crippen LogP contribution in [-0.4, -0.2) is 60.7 Å². The second-order valence-electron chi connectivity index (χ2n) is 11.5. The quantitative estimate of drug-likeness (QED) is 0.0106. The summed E-state index contributed by atoms with van der Waals surface area (Å²) in [5, 5.41) is 9.92. The minimum Gasteiger partial charge on any atom is -0.491 e. The Morgan fingerprint density at radius 1 is 0.909 bits per heavy atom. The van der Waals surface area contributed by atoms with Gasteiger partial charge in [-0.1, -0.05) is 66.7 Å². The van der Waals surface area contributed by atoms with Crippen molar-refractivity contribution in [2.75, 3.05) is 25.1 Å². The van der Waals surface area contributed by atoms with Gasteiger partial charge in [-0.2, -0.15) is 13.5 Å². The first kappa shape index (κ1) is 41.7. The molecule has 16 heteroatoms. The summed E-state index contributed by atoms with van der Waals surface area (Å²) in [5.74, 6) is 13.1. The molecule has 3 aromatic carbocycles. The topological polar surface area (TPSA) is 224 Å². The number of aldehydes is 1. The molecule has 0 saturated carbocycles. The Morgan fingerprint density at radius 3 is 2.27 bits per heavy atom. The van der Waals surface area contributed by atoms with E-state index in [4.69, 9.17) is 26.0 Å². The van der Waals surface area contributed by atoms with E-state index >= 15 is 0 Å². The van der Waals surface area contributed by atoms with Gasteiger partial charge in [-0.25, -0.2) is 15.8 Å². The molecule has 0 aliphatic heterocycles. The van der Waals surface area contributed by atoms with Gasteiger partial charge in [0.1, 0.15) is 28.0 Å². The highest BCUT2D eigenvalue weighted by atomic mass is 32.2. The molecule has 0 spiro atoms. The lowest BCUT2D eigenvalue weighted by Gasteiger charge is -2.11. The molecule has 2 heterocycles. The summed E-state index contributed by atoms with van der Waals surface area (Å²) in [6.45, 7) is 1.54. The molecule has 55 heavy (non-hydrogen) atoms. The third-order valence-electron chi connectivity index (χ3n) is 7.55. The zero-order valence-electron chi connectivity index (χ0n) is 29.7. The van der Waals surface area contributed by atoms with Crippen molar-refractivity contribution >= 4 is 51.8 Å². The van der Waals surface area contributed by atoms with E-state index in [0.717, 1.165) is 17.9 Å². The zero-order valence-corrected chi connectivity index (χ0v) is 31.4. The number of nitrogens with one attached hydrogen (secondary N) is 3. The molecule has 0 aliphatic carbocycles. The summed E-state index contributed by atoms with van der Waals surface area (Å²) < 4.78 is 36.0. The van der Waals surface area contributed by atoms with E-state index in [2.05, 4.69) is 50.4 Å². The number of benzene rings is 3. The number of rotatable bonds is 17. The molecule has 8 N–H and O–H groups in total. The second-order valence-corrected chi connectivity index (χ2v) is 13.9. The van der Waals surface area contributed by atoms with Gasteiger partial charge in [0.05, 0.1) is 17.9 Å². The first-order valence-electron chi connectivity index (χ1n) is 17.0. The number of carbonyl (C=O) groups is 2. The van der Waals surface area contributed by atoms with Crippen LogP contribution in [0, 0.1) is 0 Å². The number of pyridine rings is 2. The maximum atomic E-state index is 12.3. The Hall–Kier alpha value is -6.07. The number of amides is 1. The van der Waals surface area contributed by atoms with Crippen LogP contribution in [-0.2, 0) is 22.3 Å². The SMILES string of the molecule is NN=C(/C=C/c1nc(CSc2ccccc2)ccc1OCCc1ccccc1)NCCCNC(=O)c1ccc(NN)nc1.O=Cc1ccccc1S(=O)(=O)O. The van der Waals surface area contributed by atoms with E-state index < -0.39 is 10.1 Å². The van der Waals surface area contributed by atoms with Gasteiger partial charge in [0.25, 0.3) is 16.0 Å². The van der Waals surface area contributed by atoms with Crippen LogP contribution in [0.1, 0.15) is 44.1 Å². The number of hydrogen-bond acceptors (Lipinski definition) is 12. The third-order valence-corrected chi connectivity index (χ3v) is 9.52. The summed E-state index contributed by atoms with van der Waals surface area (Å²) in [7, 11) is -4.28. The first-order chi connectivity index (χ1) is 26.7. The van der Waals surface area contributed by atoms with Gasteiger partial charge in [0.2, 0.25) is 0 Å². The highest BCUT2D eigenvalue weighted by molar-refractivity contribution is 7.98. The smallest absolute Gasteiger partial charge is 0.295 e. The normalized spacial score (nSPS) is 11.3. The van der Waals surface area contributed by atoms with E-state index in [9.17, 15) is 18.0 Å². The van der Waals surface area contributed by atoms with Crippen molar-refractivity contribution in [2.45, 2.75) is 28.4 Å². The molecule has 2 aromatic heterocycles. The van der Waals surface area contributed by atoms with E-state index in [1.807, 2.05) is 54.6 Å². The fourth-order valence-electron chi connectivity index (χ4n) is 4.76. The van der Waals surface area contributed by atoms with Crippen LogP contribution in [0.15, 0.2) is 136 Å². The Morgan fingerprint density at radius 2 is 1.62 bits per heavy atom. The Kier molecular flexibility index (Phi) is 16.8. The van der Waals surface area contributed by atoms with E-state index in [1.165, 1.54) is 40.9 Å². The van der Waals surface area contributed by atoms with Crippen molar-refractivity contribution in [1.82, 2.24) is 20.6 Å². The van der Waals surface area contributed by atoms with E-state index in [0.29, 0.717) is 61.1 Å². The van der Waals surface area contributed by atoms with Crippen LogP contribution >= 0.6 is 11.8 Å². The molecule has 5 aromatic rings. The maximum Gasteiger partial charge on any atom is 0.295 e. The molecule has 286 valence electrons. The van der Waals surface area contributed by atoms with Crippen LogP contribution in [0.25, 0.3) is 6.08 Å². The number of amidine groups is 1. The molecule has 0 saturated heterocycles. The standard InChI is InChI=1S/C32H36N8O2S.C7H6O4S/c33-39-30(35-19-7-20-36-32(41)25-12-16-31(40-34)37-22-25)17-14-28-29(42-21-18-24-8-3-1-4-9-24)15-13-26(38-28)23-43-27-10-5-2-6-11-27;8-5-6-3-1-2-4-7(6)12(9,10)11/h1-6,8-17,22H,7,18-21,23,33-34H2,(H,35,39)(H,36,41)(H,37,40);1-5H,(H,9,10,11)/b17-14+;. The van der Waals surface area contributed by atoms with Crippen LogP contribution in [0.5, 0.6) is 5.75 Å². The predicted molar refractivity (Wildman–Crippen MR) is 215 cm³/mol. The van der Waals surface area contributed by atoms with Crippen molar-refractivity contribution in [3.05, 3.63) is 150 Å². The average molecular weight is 783 g/mol. The molecular weight excluding hydrogens is 741 g/mol. The minimum atomic E-state index is -4.28. The minimum absolute atomic E-state index is 0.0417. The number of ether oxygens (including phenoxy) is 1. The van der Waals surface area contributed by atoms with Crippen molar-refractivity contribution in [3.63, 3.8) is 0 Å². The monoisotopic (exact) mass is 782 g/mol. The lowest BCUT2D eigenvalue weighted by molar-refractivity contribution is 0.0952. The van der Waals surface area contributed by atoms with E-state index in [-0.39, 0.29) is 16.4 Å². The van der Waals surface area contributed by atoms with Gasteiger partial charge in [0, 0.05) is 41.9 Å². The lowest BCUT2D eigenvalue weighted by atomic mass is 10.2. The van der Waals surface area contributed by atoms with E-state index in [1.54, 1.807) is 30.0 Å². The number of nitrogens with two attached hydrogens (primary N) is 2. The summed E-state index contributed by atoms with van der Waals surface area (Å²) >= 11 is 1.73. The fourth-order valence-corrected chi connectivity index (χ4v) is 6.25. The van der Waals surface area contributed by atoms with Crippen LogP contribution in [0.4, 0.5) is 5.82 Å². The summed E-state index contributed by atoms with van der Waals surface area (Å²) in [5.41, 5.74) is 5.68.